The van der Waals surface area contributed by atoms with Gasteiger partial charge in [-0.1, -0.05) is 40.7 Å². The number of aliphatic hydroxyl groups is 1. The van der Waals surface area contributed by atoms with Crippen molar-refractivity contribution in [2.24, 2.45) is 34.5 Å². The lowest BCUT2D eigenvalue weighted by atomic mass is 9.45. The molecule has 2 N–H and O–H groups in total. The van der Waals surface area contributed by atoms with Crippen LogP contribution in [0.2, 0.25) is 0 Å². The van der Waals surface area contributed by atoms with Crippen LogP contribution in [0.25, 0.3) is 0 Å². The van der Waals surface area contributed by atoms with Crippen molar-refractivity contribution >= 4 is 35.8 Å². The first-order valence-corrected chi connectivity index (χ1v) is 17.8. The van der Waals surface area contributed by atoms with Gasteiger partial charge in [0, 0.05) is 42.4 Å². The number of aliphatic hydroxyl groups excluding tert-OH is 1. The molecule has 0 radical (unpaired) electrons. The second kappa shape index (κ2) is 14.2. The first-order valence-electron chi connectivity index (χ1n) is 17.8. The molecule has 0 aromatic carbocycles. The van der Waals surface area contributed by atoms with Crippen molar-refractivity contribution in [3.63, 3.8) is 0 Å². The Morgan fingerprint density at radius 3 is 2.32 bits per heavy atom. The summed E-state index contributed by atoms with van der Waals surface area (Å²) in [6.07, 6.45) is -2.43. The highest BCUT2D eigenvalue weighted by Crippen LogP contribution is 2.77. The van der Waals surface area contributed by atoms with E-state index in [-0.39, 0.29) is 5.57 Å². The summed E-state index contributed by atoms with van der Waals surface area (Å²) in [7, 11) is 1.15. The van der Waals surface area contributed by atoms with E-state index in [4.69, 9.17) is 32.8 Å². The number of rotatable bonds is 12. The van der Waals surface area contributed by atoms with Gasteiger partial charge in [-0.15, -0.1) is 0 Å². The minimum absolute atomic E-state index is 0.261. The fraction of sp³-hybridized carbons (Fsp3) is 0.684. The van der Waals surface area contributed by atoms with Crippen molar-refractivity contribution in [1.82, 2.24) is 0 Å². The molecule has 4 fully saturated rings. The van der Waals surface area contributed by atoms with Crippen LogP contribution in [0, 0.1) is 34.5 Å². The number of aliphatic carboxylic acids is 1. The fourth-order valence-electron chi connectivity index (χ4n) is 9.94. The number of methoxy groups -OCH3 is 1. The molecule has 15 nitrogen and oxygen atoms in total. The van der Waals surface area contributed by atoms with Gasteiger partial charge in [0.15, 0.2) is 6.10 Å². The number of furan rings is 1. The smallest absolute Gasteiger partial charge is 0.335 e. The van der Waals surface area contributed by atoms with Gasteiger partial charge < -0.3 is 43.1 Å². The third-order valence-electron chi connectivity index (χ3n) is 12.7. The van der Waals surface area contributed by atoms with Crippen molar-refractivity contribution in [3.05, 3.63) is 36.3 Å². The topological polar surface area (TPSA) is 215 Å². The van der Waals surface area contributed by atoms with Crippen molar-refractivity contribution < 1.29 is 71.8 Å². The van der Waals surface area contributed by atoms with E-state index in [9.17, 15) is 39.0 Å². The third kappa shape index (κ3) is 6.32. The zero-order valence-electron chi connectivity index (χ0n) is 31.4. The van der Waals surface area contributed by atoms with Crippen molar-refractivity contribution in [2.75, 3.05) is 13.7 Å². The van der Waals surface area contributed by atoms with Gasteiger partial charge in [-0.2, -0.15) is 0 Å². The number of esters is 5. The lowest BCUT2D eigenvalue weighted by molar-refractivity contribution is -0.213. The number of carbonyl (C=O) groups is 6. The van der Waals surface area contributed by atoms with Crippen LogP contribution < -0.4 is 0 Å². The minimum atomic E-state index is -1.82. The predicted octanol–water partition coefficient (Wildman–Crippen LogP) is 3.50. The molecule has 13 atom stereocenters. The molecule has 292 valence electrons. The largest absolute Gasteiger partial charge is 0.481 e. The van der Waals surface area contributed by atoms with Crippen molar-refractivity contribution in [2.45, 2.75) is 116 Å². The third-order valence-corrected chi connectivity index (χ3v) is 12.7. The van der Waals surface area contributed by atoms with Crippen LogP contribution in [0.5, 0.6) is 0 Å². The van der Waals surface area contributed by atoms with E-state index < -0.39 is 131 Å². The molecule has 3 heterocycles. The standard InChI is InChI=1S/C38H50O15/c1-10-18(2)31(43)34(46)51-32-29(33(44)45)30(19(3)38-26(52-38)13-23(37(32,38)8)22-11-12-48-16-22)36(7)24(14-27(41)47-9)35(6,17-49-20(4)39)53-28(42)15-25(36)50-21(5)40/h11-12,16,18,23-26,29-32,43H,3,10,13-15,17H2,1-2,4-9H3,(H,44,45)/t18-,23+,24?,25+,26-,29-,30-,31-,32+,35-,36-,37-,38-/m1/s1. The van der Waals surface area contributed by atoms with E-state index in [1.165, 1.54) is 19.5 Å². The average Bonchev–Trinajstić information content (AvgIpc) is 3.45. The van der Waals surface area contributed by atoms with E-state index in [0.29, 0.717) is 18.4 Å². The highest BCUT2D eigenvalue weighted by Gasteiger charge is 2.85. The van der Waals surface area contributed by atoms with Crippen LogP contribution in [0.3, 0.4) is 0 Å². The molecule has 5 rings (SSSR count). The normalized spacial score (nSPS) is 38.5. The maximum Gasteiger partial charge on any atom is 0.335 e. The van der Waals surface area contributed by atoms with Crippen LogP contribution in [0.1, 0.15) is 85.6 Å². The number of carboxylic acids is 1. The molecule has 53 heavy (non-hydrogen) atoms. The lowest BCUT2D eigenvalue weighted by Gasteiger charge is -2.59. The zero-order chi connectivity index (χ0) is 39.4. The molecule has 2 aliphatic carbocycles. The SMILES string of the molecule is C=C1[C@@H]([C@]2(C)C(CC(=O)OC)[C@@](C)(COC(C)=O)OC(=O)C[C@@H]2OC(C)=O)[C@@H](C(=O)O)[C@H](OC(=O)[C@H](O)[C@H](C)CC)[C@@]2(C)[C@H](c3ccoc3)C[C@H]3O[C@]132. The van der Waals surface area contributed by atoms with Crippen LogP contribution in [-0.2, 0) is 57.2 Å². The second-order valence-electron chi connectivity index (χ2n) is 15.6. The summed E-state index contributed by atoms with van der Waals surface area (Å²) in [4.78, 5) is 79.8. The molecular weight excluding hydrogens is 696 g/mol. The highest BCUT2D eigenvalue weighted by atomic mass is 16.6. The van der Waals surface area contributed by atoms with Gasteiger partial charge in [-0.05, 0) is 36.5 Å². The molecule has 15 heteroatoms. The van der Waals surface area contributed by atoms with Crippen LogP contribution in [0.4, 0.5) is 0 Å². The number of hydrogen-bond acceptors (Lipinski definition) is 14. The zero-order valence-corrected chi connectivity index (χ0v) is 31.4. The maximum atomic E-state index is 14.0. The maximum absolute atomic E-state index is 14.0. The van der Waals surface area contributed by atoms with Gasteiger partial charge in [0.05, 0.1) is 38.6 Å². The molecule has 1 aromatic rings. The van der Waals surface area contributed by atoms with Gasteiger partial charge in [0.25, 0.3) is 0 Å². The van der Waals surface area contributed by atoms with E-state index in [1.807, 2.05) is 0 Å². The lowest BCUT2D eigenvalue weighted by Crippen LogP contribution is -2.67. The summed E-state index contributed by atoms with van der Waals surface area (Å²) in [5.41, 5.74) is -5.28. The minimum Gasteiger partial charge on any atom is -0.481 e. The van der Waals surface area contributed by atoms with Crippen molar-refractivity contribution in [1.29, 1.82) is 0 Å². The molecule has 2 aliphatic heterocycles. The highest BCUT2D eigenvalue weighted by molar-refractivity contribution is 5.79. The Bertz CT molecular complexity index is 1650. The number of carbonyl (C=O) groups excluding carboxylic acids is 5. The predicted molar refractivity (Wildman–Crippen MR) is 180 cm³/mol. The quantitative estimate of drug-likeness (QED) is 0.136. The van der Waals surface area contributed by atoms with Gasteiger partial charge in [-0.3, -0.25) is 24.0 Å². The van der Waals surface area contributed by atoms with Crippen molar-refractivity contribution in [3.8, 4) is 0 Å². The second-order valence-corrected chi connectivity index (χ2v) is 15.6. The van der Waals surface area contributed by atoms with Crippen LogP contribution in [0.15, 0.2) is 35.2 Å². The number of cyclic esters (lactones) is 1. The number of ether oxygens (including phenoxy) is 6. The summed E-state index contributed by atoms with van der Waals surface area (Å²) in [6, 6.07) is 1.74. The Morgan fingerprint density at radius 2 is 1.77 bits per heavy atom. The monoisotopic (exact) mass is 746 g/mol. The molecule has 2 saturated heterocycles. The summed E-state index contributed by atoms with van der Waals surface area (Å²) in [5, 5.41) is 22.5. The summed E-state index contributed by atoms with van der Waals surface area (Å²) < 4.78 is 40.5. The average molecular weight is 747 g/mol. The van der Waals surface area contributed by atoms with E-state index in [1.54, 1.807) is 33.8 Å². The van der Waals surface area contributed by atoms with E-state index in [2.05, 4.69) is 6.58 Å². The molecular formula is C38H50O15. The first kappa shape index (κ1) is 40.0. The van der Waals surface area contributed by atoms with E-state index in [0.717, 1.165) is 21.0 Å². The first-order chi connectivity index (χ1) is 24.7. The Morgan fingerprint density at radius 1 is 1.09 bits per heavy atom. The van der Waals surface area contributed by atoms with Gasteiger partial charge in [0.2, 0.25) is 0 Å². The van der Waals surface area contributed by atoms with E-state index >= 15 is 0 Å². The van der Waals surface area contributed by atoms with Crippen LogP contribution in [-0.4, -0.2) is 95.4 Å². The number of epoxide rings is 1. The summed E-state index contributed by atoms with van der Waals surface area (Å²) in [6.45, 7) is 14.4. The Hall–Kier alpha value is -4.24. The Kier molecular flexibility index (Phi) is 10.7. The van der Waals surface area contributed by atoms with Crippen LogP contribution >= 0.6 is 0 Å². The molecule has 4 aliphatic rings. The van der Waals surface area contributed by atoms with Gasteiger partial charge in [0.1, 0.15) is 35.9 Å². The van der Waals surface area contributed by atoms with Gasteiger partial charge in [-0.25, -0.2) is 4.79 Å². The molecule has 1 aromatic heterocycles. The summed E-state index contributed by atoms with van der Waals surface area (Å²) in [5.74, 6) is -11.0. The molecule has 1 unspecified atom stereocenters. The van der Waals surface area contributed by atoms with Gasteiger partial charge >= 0.3 is 35.8 Å². The molecule has 0 bridgehead atoms. The fourth-order valence-corrected chi connectivity index (χ4v) is 9.94. The number of hydrogen-bond donors (Lipinski definition) is 2. The Balaban J connectivity index is 1.82. The molecule has 2 saturated carbocycles. The summed E-state index contributed by atoms with van der Waals surface area (Å²) >= 11 is 0. The number of carboxylic acid groups (broad SMARTS) is 1. The Labute approximate surface area is 307 Å². The molecule has 0 amide bonds. The molecule has 1 spiro atoms.